The van der Waals surface area contributed by atoms with Crippen molar-refractivity contribution in [3.8, 4) is 0 Å². The molecule has 1 unspecified atom stereocenters. The van der Waals surface area contributed by atoms with Crippen molar-refractivity contribution < 1.29 is 14.7 Å². The Balaban J connectivity index is 2.33. The lowest BCUT2D eigenvalue weighted by Gasteiger charge is -2.00. The average molecular weight is 140 g/mol. The minimum Gasteiger partial charge on any atom is -0.480 e. The quantitative estimate of drug-likeness (QED) is 0.537. The molecule has 0 spiro atoms. The number of carboxylic acid groups (broad SMARTS) is 1. The molecule has 3 heteroatoms. The summed E-state index contributed by atoms with van der Waals surface area (Å²) in [6.07, 6.45) is 1.88. The molecule has 2 saturated carbocycles. The Hall–Kier alpha value is -0.860. The van der Waals surface area contributed by atoms with Crippen molar-refractivity contribution in [1.82, 2.24) is 0 Å². The lowest BCUT2D eigenvalue weighted by atomic mass is 10.0. The second-order valence-electron chi connectivity index (χ2n) is 3.14. The van der Waals surface area contributed by atoms with Crippen LogP contribution in [0.15, 0.2) is 0 Å². The number of carbonyl (C=O) groups is 2. The average Bonchev–Trinajstić information content (AvgIpc) is 2.52. The number of ketones is 1. The second kappa shape index (κ2) is 1.41. The van der Waals surface area contributed by atoms with Crippen LogP contribution in [0.4, 0.5) is 0 Å². The van der Waals surface area contributed by atoms with Crippen molar-refractivity contribution in [3.05, 3.63) is 0 Å². The van der Waals surface area contributed by atoms with Gasteiger partial charge < -0.3 is 5.11 Å². The summed E-state index contributed by atoms with van der Waals surface area (Å²) in [7, 11) is 0. The lowest BCUT2D eigenvalue weighted by Crippen LogP contribution is -2.22. The molecular formula is C7H8O3. The van der Waals surface area contributed by atoms with Gasteiger partial charge in [-0.25, -0.2) is 0 Å². The van der Waals surface area contributed by atoms with Gasteiger partial charge in [0.15, 0.2) is 0 Å². The third-order valence-corrected chi connectivity index (χ3v) is 2.70. The summed E-state index contributed by atoms with van der Waals surface area (Å²) in [5, 5.41) is 8.66. The van der Waals surface area contributed by atoms with Gasteiger partial charge in [-0.15, -0.1) is 0 Å². The lowest BCUT2D eigenvalue weighted by molar-refractivity contribution is -0.147. The fraction of sp³-hybridized carbons (Fsp3) is 0.714. The van der Waals surface area contributed by atoms with E-state index in [9.17, 15) is 9.59 Å². The summed E-state index contributed by atoms with van der Waals surface area (Å²) in [4.78, 5) is 21.6. The standard InChI is InChI=1S/C7H8O3/c8-5-2-1-4-3-7(4,5)6(9)10/h4H,1-3H2,(H,9,10)/t4?,7-/m1/s1. The zero-order chi connectivity index (χ0) is 7.35. The number of Topliss-reactive ketones (excluding diaryl/α,β-unsaturated/α-hetero) is 1. The molecule has 10 heavy (non-hydrogen) atoms. The van der Waals surface area contributed by atoms with E-state index < -0.39 is 11.4 Å². The van der Waals surface area contributed by atoms with E-state index in [2.05, 4.69) is 0 Å². The zero-order valence-corrected chi connectivity index (χ0v) is 5.46. The highest BCUT2D eigenvalue weighted by molar-refractivity contribution is 6.08. The molecular weight excluding hydrogens is 132 g/mol. The molecule has 54 valence electrons. The highest BCUT2D eigenvalue weighted by Crippen LogP contribution is 2.61. The Bertz CT molecular complexity index is 221. The number of carbonyl (C=O) groups excluding carboxylic acids is 1. The van der Waals surface area contributed by atoms with Crippen LogP contribution in [0.25, 0.3) is 0 Å². The molecule has 0 aliphatic heterocycles. The number of rotatable bonds is 1. The maximum atomic E-state index is 11.0. The van der Waals surface area contributed by atoms with Gasteiger partial charge in [-0.1, -0.05) is 0 Å². The first-order chi connectivity index (χ1) is 4.68. The maximum absolute atomic E-state index is 11.0. The van der Waals surface area contributed by atoms with Crippen molar-refractivity contribution >= 4 is 11.8 Å². The summed E-state index contributed by atoms with van der Waals surface area (Å²) < 4.78 is 0. The van der Waals surface area contributed by atoms with Gasteiger partial charge in [-0.2, -0.15) is 0 Å². The Morgan fingerprint density at radius 1 is 1.70 bits per heavy atom. The second-order valence-corrected chi connectivity index (χ2v) is 3.14. The van der Waals surface area contributed by atoms with Crippen LogP contribution in [0, 0.1) is 11.3 Å². The van der Waals surface area contributed by atoms with Gasteiger partial charge in [-0.3, -0.25) is 9.59 Å². The molecule has 2 aliphatic carbocycles. The highest BCUT2D eigenvalue weighted by Gasteiger charge is 2.68. The molecule has 2 fully saturated rings. The van der Waals surface area contributed by atoms with Gasteiger partial charge in [0.05, 0.1) is 0 Å². The van der Waals surface area contributed by atoms with E-state index in [1.807, 2.05) is 0 Å². The van der Waals surface area contributed by atoms with E-state index >= 15 is 0 Å². The monoisotopic (exact) mass is 140 g/mol. The van der Waals surface area contributed by atoms with Crippen molar-refractivity contribution in [2.24, 2.45) is 11.3 Å². The molecule has 2 rings (SSSR count). The van der Waals surface area contributed by atoms with E-state index in [0.29, 0.717) is 12.8 Å². The van der Waals surface area contributed by atoms with Crippen LogP contribution < -0.4 is 0 Å². The molecule has 0 aromatic rings. The van der Waals surface area contributed by atoms with Gasteiger partial charge in [0.25, 0.3) is 0 Å². The molecule has 2 aliphatic rings. The van der Waals surface area contributed by atoms with Crippen LogP contribution in [0.5, 0.6) is 0 Å². The molecule has 3 nitrogen and oxygen atoms in total. The molecule has 2 atom stereocenters. The van der Waals surface area contributed by atoms with Gasteiger partial charge in [0.1, 0.15) is 11.2 Å². The normalized spacial score (nSPS) is 43.2. The van der Waals surface area contributed by atoms with Crippen molar-refractivity contribution in [2.75, 3.05) is 0 Å². The number of hydrogen-bond acceptors (Lipinski definition) is 2. The molecule has 0 radical (unpaired) electrons. The molecule has 1 N–H and O–H groups in total. The molecule has 0 amide bonds. The van der Waals surface area contributed by atoms with Crippen LogP contribution in [0.1, 0.15) is 19.3 Å². The third-order valence-electron chi connectivity index (χ3n) is 2.70. The number of hydrogen-bond donors (Lipinski definition) is 1. The molecule has 0 aromatic heterocycles. The van der Waals surface area contributed by atoms with Crippen molar-refractivity contribution in [1.29, 1.82) is 0 Å². The largest absolute Gasteiger partial charge is 0.480 e. The fourth-order valence-corrected chi connectivity index (χ4v) is 1.93. The van der Waals surface area contributed by atoms with Crippen molar-refractivity contribution in [3.63, 3.8) is 0 Å². The third kappa shape index (κ3) is 0.426. The van der Waals surface area contributed by atoms with Gasteiger partial charge in [0.2, 0.25) is 0 Å². The number of carboxylic acids is 1. The molecule has 0 saturated heterocycles. The minimum atomic E-state index is -0.903. The van der Waals surface area contributed by atoms with Crippen LogP contribution in [0.3, 0.4) is 0 Å². The summed E-state index contributed by atoms with van der Waals surface area (Å²) in [6.45, 7) is 0. The minimum absolute atomic E-state index is 0.0509. The number of fused-ring (bicyclic) bond motifs is 1. The number of aliphatic carboxylic acids is 1. The first kappa shape index (κ1) is 5.89. The smallest absolute Gasteiger partial charge is 0.317 e. The van der Waals surface area contributed by atoms with Crippen LogP contribution in [-0.2, 0) is 9.59 Å². The first-order valence-electron chi connectivity index (χ1n) is 3.44. The Morgan fingerprint density at radius 2 is 2.40 bits per heavy atom. The summed E-state index contributed by atoms with van der Waals surface area (Å²) >= 11 is 0. The predicted octanol–water partition coefficient (Wildman–Crippen LogP) is 0.440. The zero-order valence-electron chi connectivity index (χ0n) is 5.46. The van der Waals surface area contributed by atoms with E-state index in [0.717, 1.165) is 6.42 Å². The Kier molecular flexibility index (Phi) is 0.832. The van der Waals surface area contributed by atoms with Crippen LogP contribution >= 0.6 is 0 Å². The Morgan fingerprint density at radius 3 is 2.60 bits per heavy atom. The molecule has 0 heterocycles. The van der Waals surface area contributed by atoms with Crippen molar-refractivity contribution in [2.45, 2.75) is 19.3 Å². The SMILES string of the molecule is O=C(O)[C@]12CC1CCC2=O. The maximum Gasteiger partial charge on any atom is 0.317 e. The van der Waals surface area contributed by atoms with E-state index in [1.54, 1.807) is 0 Å². The van der Waals surface area contributed by atoms with E-state index in [1.165, 1.54) is 0 Å². The molecule has 0 bridgehead atoms. The van der Waals surface area contributed by atoms with Gasteiger partial charge in [0, 0.05) is 6.42 Å². The van der Waals surface area contributed by atoms with Gasteiger partial charge >= 0.3 is 5.97 Å². The first-order valence-corrected chi connectivity index (χ1v) is 3.44. The Labute approximate surface area is 58.0 Å². The van der Waals surface area contributed by atoms with Crippen LogP contribution in [-0.4, -0.2) is 16.9 Å². The highest BCUT2D eigenvalue weighted by atomic mass is 16.4. The van der Waals surface area contributed by atoms with E-state index in [4.69, 9.17) is 5.11 Å². The van der Waals surface area contributed by atoms with Gasteiger partial charge in [-0.05, 0) is 18.8 Å². The van der Waals surface area contributed by atoms with E-state index in [-0.39, 0.29) is 11.7 Å². The topological polar surface area (TPSA) is 54.4 Å². The summed E-state index contributed by atoms with van der Waals surface area (Å²) in [5.74, 6) is -0.775. The predicted molar refractivity (Wildman–Crippen MR) is 32.4 cm³/mol. The summed E-state index contributed by atoms with van der Waals surface area (Å²) in [5.41, 5.74) is -0.903. The summed E-state index contributed by atoms with van der Waals surface area (Å²) in [6, 6.07) is 0. The fourth-order valence-electron chi connectivity index (χ4n) is 1.93. The van der Waals surface area contributed by atoms with Crippen LogP contribution in [0.2, 0.25) is 0 Å². The molecule has 0 aromatic carbocycles.